The second kappa shape index (κ2) is 4.46. The van der Waals surface area contributed by atoms with Crippen LogP contribution in [0.25, 0.3) is 0 Å². The molecule has 1 fully saturated rings. The van der Waals surface area contributed by atoms with Gasteiger partial charge in [0.1, 0.15) is 5.75 Å². The number of thioether (sulfide) groups is 1. The van der Waals surface area contributed by atoms with Gasteiger partial charge in [-0.2, -0.15) is 0 Å². The Balaban J connectivity index is 2.02. The molecule has 0 bridgehead atoms. The van der Waals surface area contributed by atoms with E-state index in [1.807, 2.05) is 11.8 Å². The van der Waals surface area contributed by atoms with Gasteiger partial charge in [-0.25, -0.2) is 0 Å². The second-order valence-electron chi connectivity index (χ2n) is 5.79. The van der Waals surface area contributed by atoms with Gasteiger partial charge in [-0.05, 0) is 38.1 Å². The van der Waals surface area contributed by atoms with E-state index in [1.54, 1.807) is 7.11 Å². The van der Waals surface area contributed by atoms with Gasteiger partial charge in [-0.15, -0.1) is 11.8 Å². The van der Waals surface area contributed by atoms with Crippen molar-refractivity contribution in [2.24, 2.45) is 5.92 Å². The van der Waals surface area contributed by atoms with Crippen LogP contribution in [0, 0.1) is 5.92 Å². The lowest BCUT2D eigenvalue weighted by molar-refractivity contribution is 0.301. The van der Waals surface area contributed by atoms with Crippen LogP contribution in [-0.4, -0.2) is 37.9 Å². The summed E-state index contributed by atoms with van der Waals surface area (Å²) >= 11 is 1.99. The number of fused-ring (bicyclic) bond motifs is 1. The van der Waals surface area contributed by atoms with Crippen molar-refractivity contribution in [2.45, 2.75) is 23.7 Å². The van der Waals surface area contributed by atoms with Gasteiger partial charge in [-0.1, -0.05) is 13.0 Å². The zero-order chi connectivity index (χ0) is 12.8. The van der Waals surface area contributed by atoms with Crippen molar-refractivity contribution in [1.29, 1.82) is 0 Å². The lowest BCUT2D eigenvalue weighted by Gasteiger charge is -2.32. The van der Waals surface area contributed by atoms with E-state index in [0.29, 0.717) is 0 Å². The van der Waals surface area contributed by atoms with Gasteiger partial charge >= 0.3 is 0 Å². The van der Waals surface area contributed by atoms with Gasteiger partial charge < -0.3 is 9.64 Å². The summed E-state index contributed by atoms with van der Waals surface area (Å²) in [5.74, 6) is 3.03. The van der Waals surface area contributed by atoms with Gasteiger partial charge in [0.05, 0.1) is 7.11 Å². The topological polar surface area (TPSA) is 12.5 Å². The van der Waals surface area contributed by atoms with Gasteiger partial charge in [0.2, 0.25) is 0 Å². The highest BCUT2D eigenvalue weighted by atomic mass is 32.2. The summed E-state index contributed by atoms with van der Waals surface area (Å²) in [4.78, 5) is 3.87. The lowest BCUT2D eigenvalue weighted by atomic mass is 9.72. The second-order valence-corrected chi connectivity index (χ2v) is 6.80. The third-order valence-corrected chi connectivity index (χ3v) is 5.99. The molecule has 0 radical (unpaired) electrons. The van der Waals surface area contributed by atoms with Crippen molar-refractivity contribution in [3.8, 4) is 5.75 Å². The van der Waals surface area contributed by atoms with Crippen LogP contribution in [0.4, 0.5) is 0 Å². The molecule has 2 unspecified atom stereocenters. The van der Waals surface area contributed by atoms with E-state index in [9.17, 15) is 0 Å². The first-order valence-corrected chi connectivity index (χ1v) is 7.62. The lowest BCUT2D eigenvalue weighted by Crippen LogP contribution is -2.34. The Hall–Kier alpha value is -0.670. The van der Waals surface area contributed by atoms with Crippen LogP contribution in [0.3, 0.4) is 0 Å². The molecular formula is C15H21NOS. The molecule has 18 heavy (non-hydrogen) atoms. The molecule has 1 aromatic carbocycles. The minimum absolute atomic E-state index is 0.275. The van der Waals surface area contributed by atoms with Crippen molar-refractivity contribution in [2.75, 3.05) is 33.0 Å². The number of hydrogen-bond donors (Lipinski definition) is 0. The van der Waals surface area contributed by atoms with Gasteiger partial charge in [0, 0.05) is 28.2 Å². The molecule has 0 spiro atoms. The first-order valence-electron chi connectivity index (χ1n) is 6.64. The molecule has 2 aliphatic heterocycles. The molecule has 0 aromatic heterocycles. The summed E-state index contributed by atoms with van der Waals surface area (Å²) < 4.78 is 5.61. The van der Waals surface area contributed by atoms with Gasteiger partial charge in [0.25, 0.3) is 0 Å². The number of nitrogens with zero attached hydrogens (tertiary/aromatic N) is 1. The van der Waals surface area contributed by atoms with Crippen molar-refractivity contribution in [3.63, 3.8) is 0 Å². The van der Waals surface area contributed by atoms with Crippen LogP contribution in [-0.2, 0) is 5.41 Å². The van der Waals surface area contributed by atoms with Crippen LogP contribution in [0.2, 0.25) is 0 Å². The zero-order valence-electron chi connectivity index (χ0n) is 11.4. The fourth-order valence-corrected chi connectivity index (χ4v) is 4.93. The summed E-state index contributed by atoms with van der Waals surface area (Å²) in [6, 6.07) is 6.46. The third-order valence-electron chi connectivity index (χ3n) is 4.60. The van der Waals surface area contributed by atoms with E-state index in [4.69, 9.17) is 4.74 Å². The van der Waals surface area contributed by atoms with Crippen molar-refractivity contribution in [3.05, 3.63) is 23.8 Å². The Kier molecular flexibility index (Phi) is 3.07. The number of ether oxygens (including phenoxy) is 1. The largest absolute Gasteiger partial charge is 0.496 e. The monoisotopic (exact) mass is 263 g/mol. The standard InChI is InChI=1S/C15H21NOS/c1-15(11-7-8-16(2)9-11)10-18-13-6-4-5-12(17-3)14(13)15/h4-6,11H,7-10H2,1-3H3. The molecule has 2 atom stereocenters. The molecule has 3 rings (SSSR count). The van der Waals surface area contributed by atoms with Crippen LogP contribution < -0.4 is 4.74 Å². The highest BCUT2D eigenvalue weighted by Crippen LogP contribution is 2.53. The first kappa shape index (κ1) is 12.4. The summed E-state index contributed by atoms with van der Waals surface area (Å²) in [6.07, 6.45) is 1.31. The fraction of sp³-hybridized carbons (Fsp3) is 0.600. The van der Waals surface area contributed by atoms with E-state index in [-0.39, 0.29) is 5.41 Å². The maximum Gasteiger partial charge on any atom is 0.123 e. The number of benzene rings is 1. The van der Waals surface area contributed by atoms with E-state index in [0.717, 1.165) is 11.7 Å². The average molecular weight is 263 g/mol. The summed E-state index contributed by atoms with van der Waals surface area (Å²) in [5, 5.41) is 0. The Labute approximate surface area is 114 Å². The fourth-order valence-electron chi connectivity index (χ4n) is 3.44. The molecule has 0 amide bonds. The molecule has 1 saturated heterocycles. The Morgan fingerprint density at radius 2 is 2.28 bits per heavy atom. The quantitative estimate of drug-likeness (QED) is 0.814. The van der Waals surface area contributed by atoms with E-state index >= 15 is 0 Å². The Morgan fingerprint density at radius 1 is 1.44 bits per heavy atom. The van der Waals surface area contributed by atoms with Crippen LogP contribution >= 0.6 is 11.8 Å². The predicted octanol–water partition coefficient (Wildman–Crippen LogP) is 3.01. The number of methoxy groups -OCH3 is 1. The maximum atomic E-state index is 5.61. The summed E-state index contributed by atoms with van der Waals surface area (Å²) in [7, 11) is 4.02. The van der Waals surface area contributed by atoms with Crippen molar-refractivity contribution >= 4 is 11.8 Å². The minimum atomic E-state index is 0.275. The van der Waals surface area contributed by atoms with Crippen molar-refractivity contribution in [1.82, 2.24) is 4.90 Å². The van der Waals surface area contributed by atoms with E-state index < -0.39 is 0 Å². The number of hydrogen-bond acceptors (Lipinski definition) is 3. The predicted molar refractivity (Wildman–Crippen MR) is 76.7 cm³/mol. The molecule has 2 heterocycles. The van der Waals surface area contributed by atoms with E-state index in [1.165, 1.54) is 35.7 Å². The molecule has 0 saturated carbocycles. The highest BCUT2D eigenvalue weighted by molar-refractivity contribution is 7.99. The summed E-state index contributed by atoms with van der Waals surface area (Å²) in [6.45, 7) is 4.88. The van der Waals surface area contributed by atoms with E-state index in [2.05, 4.69) is 37.1 Å². The molecule has 1 aromatic rings. The number of likely N-dealkylation sites (tertiary alicyclic amines) is 1. The molecule has 98 valence electrons. The molecule has 0 N–H and O–H groups in total. The number of rotatable bonds is 2. The molecular weight excluding hydrogens is 242 g/mol. The zero-order valence-corrected chi connectivity index (χ0v) is 12.2. The molecule has 2 aliphatic rings. The first-order chi connectivity index (χ1) is 8.65. The van der Waals surface area contributed by atoms with Gasteiger partial charge in [-0.3, -0.25) is 0 Å². The maximum absolute atomic E-state index is 5.61. The van der Waals surface area contributed by atoms with Crippen LogP contribution in [0.1, 0.15) is 18.9 Å². The van der Waals surface area contributed by atoms with Crippen LogP contribution in [0.5, 0.6) is 5.75 Å². The molecule has 0 aliphatic carbocycles. The Morgan fingerprint density at radius 3 is 2.94 bits per heavy atom. The Bertz CT molecular complexity index is 462. The summed E-state index contributed by atoms with van der Waals surface area (Å²) in [5.41, 5.74) is 1.73. The minimum Gasteiger partial charge on any atom is -0.496 e. The van der Waals surface area contributed by atoms with Crippen LogP contribution in [0.15, 0.2) is 23.1 Å². The molecule has 2 nitrogen and oxygen atoms in total. The van der Waals surface area contributed by atoms with Gasteiger partial charge in [0.15, 0.2) is 0 Å². The highest BCUT2D eigenvalue weighted by Gasteiger charge is 2.45. The SMILES string of the molecule is COc1cccc2c1C(C)(C1CCN(C)C1)CS2. The normalized spacial score (nSPS) is 31.6. The molecule has 3 heteroatoms. The average Bonchev–Trinajstić information content (AvgIpc) is 2.95. The van der Waals surface area contributed by atoms with Crippen molar-refractivity contribution < 1.29 is 4.74 Å². The third kappa shape index (κ3) is 1.76. The smallest absolute Gasteiger partial charge is 0.123 e.